The van der Waals surface area contributed by atoms with Crippen LogP contribution in [-0.4, -0.2) is 0 Å². The van der Waals surface area contributed by atoms with Crippen molar-refractivity contribution in [2.24, 2.45) is 5.73 Å². The summed E-state index contributed by atoms with van der Waals surface area (Å²) < 4.78 is 6.10. The number of fused-ring (bicyclic) bond motifs is 7. The van der Waals surface area contributed by atoms with Crippen molar-refractivity contribution in [3.63, 3.8) is 0 Å². The quantitative estimate of drug-likeness (QED) is 0.423. The smallest absolute Gasteiger partial charge is 0.136 e. The van der Waals surface area contributed by atoms with Crippen LogP contribution < -0.4 is 5.73 Å². The van der Waals surface area contributed by atoms with E-state index >= 15 is 0 Å². The molecule has 0 amide bonds. The molecule has 0 aliphatic rings. The van der Waals surface area contributed by atoms with Gasteiger partial charge in [0.05, 0.1) is 0 Å². The van der Waals surface area contributed by atoms with Gasteiger partial charge in [0.1, 0.15) is 11.2 Å². The lowest BCUT2D eigenvalue weighted by Gasteiger charge is -2.09. The Hall–Kier alpha value is -2.84. The zero-order valence-electron chi connectivity index (χ0n) is 12.5. The molecule has 0 saturated carbocycles. The van der Waals surface area contributed by atoms with E-state index in [4.69, 9.17) is 10.2 Å². The minimum atomic E-state index is 0.502. The van der Waals surface area contributed by atoms with Crippen LogP contribution in [0.3, 0.4) is 0 Å². The number of hydrogen-bond donors (Lipinski definition) is 1. The van der Waals surface area contributed by atoms with E-state index in [0.29, 0.717) is 6.54 Å². The highest BCUT2D eigenvalue weighted by atomic mass is 16.3. The number of para-hydroxylation sites is 1. The molecule has 0 bridgehead atoms. The second-order valence-electron chi connectivity index (χ2n) is 5.92. The van der Waals surface area contributed by atoms with Crippen molar-refractivity contribution in [1.82, 2.24) is 0 Å². The molecule has 2 nitrogen and oxygen atoms in total. The Balaban J connectivity index is 2.18. The second kappa shape index (κ2) is 4.58. The van der Waals surface area contributed by atoms with Crippen LogP contribution in [0.25, 0.3) is 43.5 Å². The molecule has 0 fully saturated rings. The molecule has 5 rings (SSSR count). The van der Waals surface area contributed by atoms with E-state index in [9.17, 15) is 0 Å². The number of nitrogens with two attached hydrogens (primary N) is 1. The van der Waals surface area contributed by atoms with Gasteiger partial charge >= 0.3 is 0 Å². The zero-order chi connectivity index (χ0) is 15.4. The molecule has 4 aromatic carbocycles. The Labute approximate surface area is 133 Å². The van der Waals surface area contributed by atoms with Gasteiger partial charge in [0.2, 0.25) is 0 Å². The highest BCUT2D eigenvalue weighted by Gasteiger charge is 2.15. The minimum Gasteiger partial charge on any atom is -0.456 e. The first-order valence-corrected chi connectivity index (χ1v) is 7.81. The summed E-state index contributed by atoms with van der Waals surface area (Å²) in [5.41, 5.74) is 8.96. The number of furan rings is 1. The van der Waals surface area contributed by atoms with E-state index in [-0.39, 0.29) is 0 Å². The van der Waals surface area contributed by atoms with Gasteiger partial charge in [-0.15, -0.1) is 0 Å². The molecule has 0 radical (unpaired) electrons. The molecule has 1 heterocycles. The van der Waals surface area contributed by atoms with Gasteiger partial charge in [-0.05, 0) is 33.9 Å². The van der Waals surface area contributed by atoms with Gasteiger partial charge in [0, 0.05) is 22.7 Å². The van der Waals surface area contributed by atoms with Gasteiger partial charge in [0.25, 0.3) is 0 Å². The van der Waals surface area contributed by atoms with E-state index in [1.807, 2.05) is 12.1 Å². The van der Waals surface area contributed by atoms with Crippen molar-refractivity contribution < 1.29 is 4.42 Å². The molecular formula is C21H15NO. The molecule has 23 heavy (non-hydrogen) atoms. The predicted octanol–water partition coefficient (Wildman–Crippen LogP) is 5.35. The Kier molecular flexibility index (Phi) is 2.52. The van der Waals surface area contributed by atoms with Crippen molar-refractivity contribution in [2.45, 2.75) is 6.54 Å². The van der Waals surface area contributed by atoms with Crippen molar-refractivity contribution in [3.8, 4) is 0 Å². The highest BCUT2D eigenvalue weighted by Crippen LogP contribution is 2.39. The molecule has 5 aromatic rings. The average Bonchev–Trinajstić information content (AvgIpc) is 2.98. The van der Waals surface area contributed by atoms with Gasteiger partial charge in [-0.3, -0.25) is 0 Å². The molecule has 0 spiro atoms. The molecule has 0 aliphatic heterocycles. The Bertz CT molecular complexity index is 1200. The molecule has 0 atom stereocenters. The summed E-state index contributed by atoms with van der Waals surface area (Å²) in [6.45, 7) is 0.502. The van der Waals surface area contributed by atoms with Crippen LogP contribution in [0.2, 0.25) is 0 Å². The molecule has 110 valence electrons. The lowest BCUT2D eigenvalue weighted by atomic mass is 9.94. The van der Waals surface area contributed by atoms with Crippen LogP contribution in [0.15, 0.2) is 71.1 Å². The first-order chi connectivity index (χ1) is 11.4. The largest absolute Gasteiger partial charge is 0.456 e. The van der Waals surface area contributed by atoms with Crippen molar-refractivity contribution in [3.05, 3.63) is 72.3 Å². The SMILES string of the molecule is NCc1cc2oc3ccccc3c2c2c1ccc1ccccc12. The van der Waals surface area contributed by atoms with Crippen LogP contribution in [0.4, 0.5) is 0 Å². The van der Waals surface area contributed by atoms with E-state index in [0.717, 1.165) is 22.1 Å². The van der Waals surface area contributed by atoms with Crippen LogP contribution in [0, 0.1) is 0 Å². The summed E-state index contributed by atoms with van der Waals surface area (Å²) in [5.74, 6) is 0. The van der Waals surface area contributed by atoms with Gasteiger partial charge < -0.3 is 10.2 Å². The normalized spacial score (nSPS) is 11.9. The fourth-order valence-corrected chi connectivity index (χ4v) is 3.64. The van der Waals surface area contributed by atoms with Crippen molar-refractivity contribution in [1.29, 1.82) is 0 Å². The number of hydrogen-bond acceptors (Lipinski definition) is 2. The Morgan fingerprint density at radius 1 is 0.696 bits per heavy atom. The Morgan fingerprint density at radius 3 is 2.35 bits per heavy atom. The summed E-state index contributed by atoms with van der Waals surface area (Å²) in [6.07, 6.45) is 0. The third-order valence-corrected chi connectivity index (χ3v) is 4.67. The fraction of sp³-hybridized carbons (Fsp3) is 0.0476. The third kappa shape index (κ3) is 1.67. The summed E-state index contributed by atoms with van der Waals surface area (Å²) >= 11 is 0. The topological polar surface area (TPSA) is 39.2 Å². The van der Waals surface area contributed by atoms with Crippen LogP contribution in [0.1, 0.15) is 5.56 Å². The molecule has 1 aromatic heterocycles. The number of rotatable bonds is 1. The second-order valence-corrected chi connectivity index (χ2v) is 5.92. The van der Waals surface area contributed by atoms with Gasteiger partial charge in [-0.1, -0.05) is 54.6 Å². The van der Waals surface area contributed by atoms with E-state index < -0.39 is 0 Å². The Morgan fingerprint density at radius 2 is 1.48 bits per heavy atom. The zero-order valence-corrected chi connectivity index (χ0v) is 12.5. The van der Waals surface area contributed by atoms with Crippen LogP contribution in [0.5, 0.6) is 0 Å². The lowest BCUT2D eigenvalue weighted by Crippen LogP contribution is -1.97. The third-order valence-electron chi connectivity index (χ3n) is 4.67. The summed E-state index contributed by atoms with van der Waals surface area (Å²) in [7, 11) is 0. The first-order valence-electron chi connectivity index (χ1n) is 7.81. The van der Waals surface area contributed by atoms with E-state index in [1.54, 1.807) is 0 Å². The maximum absolute atomic E-state index is 6.10. The highest BCUT2D eigenvalue weighted by molar-refractivity contribution is 6.27. The fourth-order valence-electron chi connectivity index (χ4n) is 3.64. The molecule has 0 aliphatic carbocycles. The summed E-state index contributed by atoms with van der Waals surface area (Å²) in [5, 5.41) is 7.28. The summed E-state index contributed by atoms with van der Waals surface area (Å²) in [4.78, 5) is 0. The van der Waals surface area contributed by atoms with Gasteiger partial charge in [-0.2, -0.15) is 0 Å². The van der Waals surface area contributed by atoms with E-state index in [2.05, 4.69) is 54.6 Å². The molecule has 2 N–H and O–H groups in total. The standard InChI is InChI=1S/C21H15NO/c22-12-14-11-19-21(17-7-3-4-8-18(17)23-19)20-15-6-2-1-5-13(15)9-10-16(14)20/h1-11H,12,22H2. The molecule has 0 unspecified atom stereocenters. The maximum Gasteiger partial charge on any atom is 0.136 e. The van der Waals surface area contributed by atoms with Gasteiger partial charge in [0.15, 0.2) is 0 Å². The molecular weight excluding hydrogens is 282 g/mol. The summed E-state index contributed by atoms with van der Waals surface area (Å²) in [6, 6.07) is 23.2. The van der Waals surface area contributed by atoms with Crippen LogP contribution >= 0.6 is 0 Å². The molecule has 0 saturated heterocycles. The van der Waals surface area contributed by atoms with Crippen LogP contribution in [-0.2, 0) is 6.54 Å². The maximum atomic E-state index is 6.10. The van der Waals surface area contributed by atoms with E-state index in [1.165, 1.54) is 26.9 Å². The van der Waals surface area contributed by atoms with Crippen molar-refractivity contribution >= 4 is 43.5 Å². The average molecular weight is 297 g/mol. The molecule has 2 heteroatoms. The van der Waals surface area contributed by atoms with Crippen molar-refractivity contribution in [2.75, 3.05) is 0 Å². The van der Waals surface area contributed by atoms with Gasteiger partial charge in [-0.25, -0.2) is 0 Å². The minimum absolute atomic E-state index is 0.502. The number of benzene rings is 4. The first kappa shape index (κ1) is 12.7. The monoisotopic (exact) mass is 297 g/mol. The predicted molar refractivity (Wildman–Crippen MR) is 96.6 cm³/mol. The lowest BCUT2D eigenvalue weighted by molar-refractivity contribution is 0.668.